The van der Waals surface area contributed by atoms with Crippen molar-refractivity contribution in [2.75, 3.05) is 4.90 Å². The van der Waals surface area contributed by atoms with Crippen molar-refractivity contribution in [1.82, 2.24) is 0 Å². The van der Waals surface area contributed by atoms with Crippen LogP contribution in [0.15, 0.2) is 180 Å². The summed E-state index contributed by atoms with van der Waals surface area (Å²) in [6.07, 6.45) is 0. The third kappa shape index (κ3) is 4.35. The smallest absolute Gasteiger partial charge is 0.145 e. The summed E-state index contributed by atoms with van der Waals surface area (Å²) in [5, 5.41) is 7.17. The number of furan rings is 1. The van der Waals surface area contributed by atoms with Gasteiger partial charge in [-0.3, -0.25) is 0 Å². The van der Waals surface area contributed by atoms with E-state index in [1.165, 1.54) is 32.7 Å². The van der Waals surface area contributed by atoms with Gasteiger partial charge in [0.05, 0.1) is 11.1 Å². The quantitative estimate of drug-likeness (QED) is 0.186. The van der Waals surface area contributed by atoms with Crippen molar-refractivity contribution in [3.63, 3.8) is 0 Å². The summed E-state index contributed by atoms with van der Waals surface area (Å²) < 4.78 is 6.67. The minimum atomic E-state index is 0.881. The van der Waals surface area contributed by atoms with E-state index in [0.717, 1.165) is 50.1 Å². The van der Waals surface area contributed by atoms with Crippen LogP contribution in [0.2, 0.25) is 0 Å². The molecular weight excluding hydrogens is 558 g/mol. The molecule has 0 saturated carbocycles. The Hall–Kier alpha value is -6.12. The molecule has 216 valence electrons. The third-order valence-electron chi connectivity index (χ3n) is 9.05. The highest BCUT2D eigenvalue weighted by Crippen LogP contribution is 2.46. The molecule has 0 fully saturated rings. The second-order valence-corrected chi connectivity index (χ2v) is 11.7. The van der Waals surface area contributed by atoms with E-state index in [1.54, 1.807) is 0 Å². The first kappa shape index (κ1) is 26.3. The highest BCUT2D eigenvalue weighted by atomic mass is 16.3. The van der Waals surface area contributed by atoms with E-state index >= 15 is 0 Å². The van der Waals surface area contributed by atoms with E-state index in [2.05, 4.69) is 175 Å². The molecule has 9 rings (SSSR count). The third-order valence-corrected chi connectivity index (χ3v) is 9.05. The number of nitrogens with zero attached hydrogens (tertiary/aromatic N) is 1. The van der Waals surface area contributed by atoms with Crippen molar-refractivity contribution in [3.05, 3.63) is 176 Å². The van der Waals surface area contributed by atoms with Crippen LogP contribution in [-0.2, 0) is 0 Å². The molecule has 1 aromatic heterocycles. The van der Waals surface area contributed by atoms with Gasteiger partial charge >= 0.3 is 0 Å². The first-order valence-electron chi connectivity index (χ1n) is 15.7. The number of rotatable bonds is 5. The van der Waals surface area contributed by atoms with Crippen molar-refractivity contribution in [3.8, 4) is 22.3 Å². The Morgan fingerprint density at radius 3 is 1.80 bits per heavy atom. The first-order chi connectivity index (χ1) is 22.8. The molecule has 0 unspecified atom stereocenters. The van der Waals surface area contributed by atoms with E-state index in [9.17, 15) is 0 Å². The zero-order valence-electron chi connectivity index (χ0n) is 25.1. The molecule has 0 aliphatic heterocycles. The van der Waals surface area contributed by atoms with E-state index in [-0.39, 0.29) is 0 Å². The lowest BCUT2D eigenvalue weighted by molar-refractivity contribution is 0.670. The fourth-order valence-corrected chi connectivity index (χ4v) is 6.84. The van der Waals surface area contributed by atoms with Crippen LogP contribution < -0.4 is 4.90 Å². The van der Waals surface area contributed by atoms with Crippen molar-refractivity contribution in [2.24, 2.45) is 0 Å². The highest BCUT2D eigenvalue weighted by molar-refractivity contribution is 6.17. The summed E-state index contributed by atoms with van der Waals surface area (Å²) in [5.74, 6) is 0. The number of hydrogen-bond acceptors (Lipinski definition) is 2. The standard InChI is InChI=1S/C44H29NO/c1-3-11-30(12-4-1)31-21-23-35(24-22-31)45(36-25-26-38-34(29-36)20-19-33-15-7-8-16-37(33)38)41-28-27-39(32-13-5-2-6-14-32)44-43(41)40-17-9-10-18-42(40)46-44/h1-29H. The van der Waals surface area contributed by atoms with Crippen LogP contribution in [0.4, 0.5) is 17.1 Å². The molecule has 2 heteroatoms. The van der Waals surface area contributed by atoms with Gasteiger partial charge in [-0.05, 0) is 80.7 Å². The minimum absolute atomic E-state index is 0.881. The first-order valence-corrected chi connectivity index (χ1v) is 15.7. The van der Waals surface area contributed by atoms with Gasteiger partial charge in [0.1, 0.15) is 11.2 Å². The lowest BCUT2D eigenvalue weighted by atomic mass is 9.98. The van der Waals surface area contributed by atoms with Gasteiger partial charge < -0.3 is 9.32 Å². The van der Waals surface area contributed by atoms with Gasteiger partial charge in [-0.25, -0.2) is 0 Å². The van der Waals surface area contributed by atoms with Crippen LogP contribution in [0.25, 0.3) is 65.7 Å². The van der Waals surface area contributed by atoms with Crippen LogP contribution in [0.5, 0.6) is 0 Å². The maximum absolute atomic E-state index is 6.67. The second-order valence-electron chi connectivity index (χ2n) is 11.7. The van der Waals surface area contributed by atoms with Crippen molar-refractivity contribution in [2.45, 2.75) is 0 Å². The SMILES string of the molecule is c1ccc(-c2ccc(N(c3ccc4c(ccc5ccccc54)c3)c3ccc(-c4ccccc4)c4oc5ccccc5c34)cc2)cc1. The largest absolute Gasteiger partial charge is 0.455 e. The molecule has 0 amide bonds. The molecule has 0 spiro atoms. The average molecular weight is 588 g/mol. The Morgan fingerprint density at radius 2 is 1.00 bits per heavy atom. The normalized spacial score (nSPS) is 11.5. The predicted molar refractivity (Wildman–Crippen MR) is 194 cm³/mol. The Labute approximate surface area is 267 Å². The highest BCUT2D eigenvalue weighted by Gasteiger charge is 2.22. The minimum Gasteiger partial charge on any atom is -0.455 e. The van der Waals surface area contributed by atoms with Crippen LogP contribution in [-0.4, -0.2) is 0 Å². The molecule has 0 N–H and O–H groups in total. The molecule has 1 heterocycles. The number of anilines is 3. The average Bonchev–Trinajstić information content (AvgIpc) is 3.53. The maximum Gasteiger partial charge on any atom is 0.145 e. The van der Waals surface area contributed by atoms with E-state index in [1.807, 2.05) is 6.07 Å². The molecule has 0 aliphatic rings. The van der Waals surface area contributed by atoms with Crippen LogP contribution in [0.1, 0.15) is 0 Å². The second kappa shape index (κ2) is 10.8. The Kier molecular flexibility index (Phi) is 6.17. The molecule has 46 heavy (non-hydrogen) atoms. The van der Waals surface area contributed by atoms with Crippen LogP contribution in [0, 0.1) is 0 Å². The number of fused-ring (bicyclic) bond motifs is 6. The summed E-state index contributed by atoms with van der Waals surface area (Å²) >= 11 is 0. The number of para-hydroxylation sites is 1. The Bertz CT molecular complexity index is 2510. The Morgan fingerprint density at radius 1 is 0.391 bits per heavy atom. The van der Waals surface area contributed by atoms with Crippen LogP contribution >= 0.6 is 0 Å². The summed E-state index contributed by atoms with van der Waals surface area (Å²) in [6, 6.07) is 62.7. The fourth-order valence-electron chi connectivity index (χ4n) is 6.84. The number of hydrogen-bond donors (Lipinski definition) is 0. The Balaban J connectivity index is 1.31. The molecular formula is C44H29NO. The molecule has 9 aromatic rings. The maximum atomic E-state index is 6.67. The van der Waals surface area contributed by atoms with Gasteiger partial charge in [0, 0.05) is 22.3 Å². The molecule has 0 aliphatic carbocycles. The molecule has 8 aromatic carbocycles. The van der Waals surface area contributed by atoms with Crippen molar-refractivity contribution >= 4 is 60.5 Å². The van der Waals surface area contributed by atoms with E-state index in [0.29, 0.717) is 0 Å². The predicted octanol–water partition coefficient (Wildman–Crippen LogP) is 12.7. The van der Waals surface area contributed by atoms with Gasteiger partial charge in [0.15, 0.2) is 0 Å². The van der Waals surface area contributed by atoms with Gasteiger partial charge in [-0.15, -0.1) is 0 Å². The van der Waals surface area contributed by atoms with Gasteiger partial charge in [-0.2, -0.15) is 0 Å². The fraction of sp³-hybridized carbons (Fsp3) is 0. The van der Waals surface area contributed by atoms with Gasteiger partial charge in [0.2, 0.25) is 0 Å². The molecule has 2 nitrogen and oxygen atoms in total. The molecule has 0 bridgehead atoms. The lowest BCUT2D eigenvalue weighted by Gasteiger charge is -2.27. The summed E-state index contributed by atoms with van der Waals surface area (Å²) in [5.41, 5.74) is 9.63. The summed E-state index contributed by atoms with van der Waals surface area (Å²) in [4.78, 5) is 2.38. The summed E-state index contributed by atoms with van der Waals surface area (Å²) in [7, 11) is 0. The topological polar surface area (TPSA) is 16.4 Å². The monoisotopic (exact) mass is 587 g/mol. The van der Waals surface area contributed by atoms with Gasteiger partial charge in [0.25, 0.3) is 0 Å². The van der Waals surface area contributed by atoms with Crippen molar-refractivity contribution in [1.29, 1.82) is 0 Å². The van der Waals surface area contributed by atoms with Crippen LogP contribution in [0.3, 0.4) is 0 Å². The van der Waals surface area contributed by atoms with Crippen molar-refractivity contribution < 1.29 is 4.42 Å². The molecule has 0 atom stereocenters. The zero-order chi connectivity index (χ0) is 30.5. The molecule has 0 saturated heterocycles. The van der Waals surface area contributed by atoms with E-state index in [4.69, 9.17) is 4.42 Å². The summed E-state index contributed by atoms with van der Waals surface area (Å²) in [6.45, 7) is 0. The van der Waals surface area contributed by atoms with E-state index < -0.39 is 0 Å². The molecule has 0 radical (unpaired) electrons. The lowest BCUT2D eigenvalue weighted by Crippen LogP contribution is -2.10. The number of benzene rings is 8. The zero-order valence-corrected chi connectivity index (χ0v) is 25.1. The van der Waals surface area contributed by atoms with Gasteiger partial charge in [-0.1, -0.05) is 133 Å².